The molecule has 20 heavy (non-hydrogen) atoms. The highest BCUT2D eigenvalue weighted by Crippen LogP contribution is 2.28. The Morgan fingerprint density at radius 1 is 1.25 bits per heavy atom. The Labute approximate surface area is 119 Å². The van der Waals surface area contributed by atoms with Crippen molar-refractivity contribution in [2.75, 3.05) is 30.8 Å². The number of hydrogen-bond acceptors (Lipinski definition) is 6. The van der Waals surface area contributed by atoms with Gasteiger partial charge in [0, 0.05) is 12.1 Å². The van der Waals surface area contributed by atoms with Gasteiger partial charge in [0.2, 0.25) is 11.7 Å². The summed E-state index contributed by atoms with van der Waals surface area (Å²) in [4.78, 5) is 20.0. The molecule has 0 spiro atoms. The van der Waals surface area contributed by atoms with Crippen molar-refractivity contribution in [3.63, 3.8) is 0 Å². The van der Waals surface area contributed by atoms with E-state index in [1.54, 1.807) is 7.11 Å². The second-order valence-corrected chi connectivity index (χ2v) is 5.29. The smallest absolute Gasteiger partial charge is 0.239 e. The van der Waals surface area contributed by atoms with Crippen LogP contribution in [0, 0.1) is 0 Å². The van der Waals surface area contributed by atoms with E-state index in [2.05, 4.69) is 25.9 Å². The van der Waals surface area contributed by atoms with Crippen molar-refractivity contribution < 1.29 is 9.53 Å². The minimum atomic E-state index is -0.260. The summed E-state index contributed by atoms with van der Waals surface area (Å²) >= 11 is 0. The molecule has 0 saturated carbocycles. The van der Waals surface area contributed by atoms with Gasteiger partial charge in [-0.05, 0) is 27.7 Å². The molecule has 1 aromatic heterocycles. The molecule has 0 aliphatic carbocycles. The van der Waals surface area contributed by atoms with Gasteiger partial charge in [0.05, 0.1) is 13.7 Å². The van der Waals surface area contributed by atoms with E-state index in [9.17, 15) is 4.79 Å². The molecule has 7 nitrogen and oxygen atoms in total. The molecule has 3 N–H and O–H groups in total. The molecule has 0 aromatic carbocycles. The van der Waals surface area contributed by atoms with E-state index >= 15 is 0 Å². The first-order valence-electron chi connectivity index (χ1n) is 6.55. The van der Waals surface area contributed by atoms with Gasteiger partial charge < -0.3 is 20.7 Å². The van der Waals surface area contributed by atoms with Crippen LogP contribution >= 0.6 is 0 Å². The van der Waals surface area contributed by atoms with Crippen molar-refractivity contribution >= 4 is 17.5 Å². The molecule has 1 amide bonds. The summed E-state index contributed by atoms with van der Waals surface area (Å²) in [6, 6.07) is 0. The van der Waals surface area contributed by atoms with E-state index in [4.69, 9.17) is 4.74 Å². The lowest BCUT2D eigenvalue weighted by Gasteiger charge is -2.21. The highest BCUT2D eigenvalue weighted by molar-refractivity contribution is 5.81. The van der Waals surface area contributed by atoms with Crippen molar-refractivity contribution in [2.24, 2.45) is 0 Å². The number of ether oxygens (including phenoxy) is 1. The Bertz CT molecular complexity index is 457. The number of nitrogens with zero attached hydrogens (tertiary/aromatic N) is 2. The molecule has 0 atom stereocenters. The summed E-state index contributed by atoms with van der Waals surface area (Å²) in [6.07, 6.45) is 1.42. The molecule has 1 rings (SSSR count). The lowest BCUT2D eigenvalue weighted by atomic mass is 10.1. The van der Waals surface area contributed by atoms with Gasteiger partial charge in [-0.25, -0.2) is 9.97 Å². The van der Waals surface area contributed by atoms with Crippen LogP contribution in [0.2, 0.25) is 0 Å². The maximum absolute atomic E-state index is 11.8. The summed E-state index contributed by atoms with van der Waals surface area (Å²) in [6.45, 7) is 8.59. The van der Waals surface area contributed by atoms with Crippen LogP contribution in [-0.4, -0.2) is 41.6 Å². The maximum Gasteiger partial charge on any atom is 0.239 e. The Morgan fingerprint density at radius 3 is 2.35 bits per heavy atom. The minimum Gasteiger partial charge on any atom is -0.490 e. The number of methoxy groups -OCH3 is 1. The molecule has 0 radical (unpaired) electrons. The Balaban J connectivity index is 2.73. The average molecular weight is 281 g/mol. The number of anilines is 2. The number of hydrogen-bond donors (Lipinski definition) is 3. The van der Waals surface area contributed by atoms with Gasteiger partial charge in [0.25, 0.3) is 0 Å². The van der Waals surface area contributed by atoms with E-state index in [-0.39, 0.29) is 18.0 Å². The lowest BCUT2D eigenvalue weighted by molar-refractivity contribution is -0.120. The van der Waals surface area contributed by atoms with E-state index in [1.807, 2.05) is 27.7 Å². The monoisotopic (exact) mass is 281 g/mol. The van der Waals surface area contributed by atoms with Gasteiger partial charge in [-0.15, -0.1) is 0 Å². The molecule has 0 bridgehead atoms. The molecule has 0 aliphatic heterocycles. The second-order valence-electron chi connectivity index (χ2n) is 5.29. The molecule has 0 fully saturated rings. The number of amides is 1. The van der Waals surface area contributed by atoms with Crippen LogP contribution < -0.4 is 20.7 Å². The first kappa shape index (κ1) is 16.0. The molecule has 1 heterocycles. The molecule has 7 heteroatoms. The van der Waals surface area contributed by atoms with Crippen LogP contribution in [-0.2, 0) is 4.79 Å². The number of aromatic nitrogens is 2. The zero-order valence-corrected chi connectivity index (χ0v) is 12.7. The second kappa shape index (κ2) is 6.93. The van der Waals surface area contributed by atoms with Gasteiger partial charge >= 0.3 is 0 Å². The zero-order chi connectivity index (χ0) is 15.2. The van der Waals surface area contributed by atoms with Crippen molar-refractivity contribution in [2.45, 2.75) is 33.2 Å². The van der Waals surface area contributed by atoms with Crippen molar-refractivity contribution in [1.82, 2.24) is 15.3 Å². The summed E-state index contributed by atoms with van der Waals surface area (Å²) < 4.78 is 5.28. The summed E-state index contributed by atoms with van der Waals surface area (Å²) in [7, 11) is 1.54. The Hall–Kier alpha value is -2.05. The van der Waals surface area contributed by atoms with Crippen molar-refractivity contribution in [3.05, 3.63) is 6.33 Å². The third kappa shape index (κ3) is 4.91. The molecule has 1 aromatic rings. The SMILES string of the molecule is CCNc1ncnc(NCC(=O)NC(C)(C)C)c1OC. The quantitative estimate of drug-likeness (QED) is 0.727. The highest BCUT2D eigenvalue weighted by Gasteiger charge is 2.15. The van der Waals surface area contributed by atoms with Crippen LogP contribution in [0.5, 0.6) is 5.75 Å². The first-order valence-corrected chi connectivity index (χ1v) is 6.55. The predicted molar refractivity (Wildman–Crippen MR) is 79.1 cm³/mol. The van der Waals surface area contributed by atoms with E-state index in [0.717, 1.165) is 6.54 Å². The van der Waals surface area contributed by atoms with Gasteiger partial charge in [-0.1, -0.05) is 0 Å². The topological polar surface area (TPSA) is 88.2 Å². The molecular weight excluding hydrogens is 258 g/mol. The Kier molecular flexibility index (Phi) is 5.54. The fourth-order valence-corrected chi connectivity index (χ4v) is 1.61. The van der Waals surface area contributed by atoms with Crippen LogP contribution in [0.4, 0.5) is 11.6 Å². The maximum atomic E-state index is 11.8. The summed E-state index contributed by atoms with van der Waals surface area (Å²) in [5.74, 6) is 1.48. The van der Waals surface area contributed by atoms with Gasteiger partial charge in [0.1, 0.15) is 6.33 Å². The van der Waals surface area contributed by atoms with E-state index in [0.29, 0.717) is 17.4 Å². The van der Waals surface area contributed by atoms with Crippen LogP contribution in [0.3, 0.4) is 0 Å². The normalized spacial score (nSPS) is 10.8. The van der Waals surface area contributed by atoms with Crippen LogP contribution in [0.25, 0.3) is 0 Å². The largest absolute Gasteiger partial charge is 0.490 e. The number of carbonyl (C=O) groups is 1. The van der Waals surface area contributed by atoms with Crippen LogP contribution in [0.15, 0.2) is 6.33 Å². The standard InChI is InChI=1S/C13H23N5O2/c1-6-14-11-10(20-5)12(17-8-16-11)15-7-9(19)18-13(2,3)4/h8H,6-7H2,1-5H3,(H,18,19)(H2,14,15,16,17). The first-order chi connectivity index (χ1) is 9.37. The lowest BCUT2D eigenvalue weighted by Crippen LogP contribution is -2.43. The fraction of sp³-hybridized carbons (Fsp3) is 0.615. The molecule has 0 unspecified atom stereocenters. The zero-order valence-electron chi connectivity index (χ0n) is 12.7. The van der Waals surface area contributed by atoms with Crippen LogP contribution in [0.1, 0.15) is 27.7 Å². The summed E-state index contributed by atoms with van der Waals surface area (Å²) in [5, 5.41) is 8.90. The summed E-state index contributed by atoms with van der Waals surface area (Å²) in [5.41, 5.74) is -0.260. The molecule has 112 valence electrons. The fourth-order valence-electron chi connectivity index (χ4n) is 1.61. The van der Waals surface area contributed by atoms with Crippen molar-refractivity contribution in [1.29, 1.82) is 0 Å². The van der Waals surface area contributed by atoms with Crippen molar-refractivity contribution in [3.8, 4) is 5.75 Å². The van der Waals surface area contributed by atoms with Gasteiger partial charge in [-0.3, -0.25) is 4.79 Å². The third-order valence-corrected chi connectivity index (χ3v) is 2.28. The Morgan fingerprint density at radius 2 is 1.85 bits per heavy atom. The predicted octanol–water partition coefficient (Wildman–Crippen LogP) is 1.24. The molecule has 0 aliphatic rings. The van der Waals surface area contributed by atoms with E-state index in [1.165, 1.54) is 6.33 Å². The highest BCUT2D eigenvalue weighted by atomic mass is 16.5. The number of rotatable bonds is 6. The third-order valence-electron chi connectivity index (χ3n) is 2.28. The van der Waals surface area contributed by atoms with Gasteiger partial charge in [-0.2, -0.15) is 0 Å². The molecule has 0 saturated heterocycles. The molecular formula is C13H23N5O2. The number of carbonyl (C=O) groups excluding carboxylic acids is 1. The average Bonchev–Trinajstić information content (AvgIpc) is 2.35. The number of nitrogens with one attached hydrogen (secondary N) is 3. The van der Waals surface area contributed by atoms with Gasteiger partial charge in [0.15, 0.2) is 11.6 Å². The minimum absolute atomic E-state index is 0.108. The van der Waals surface area contributed by atoms with E-state index < -0.39 is 0 Å².